The second-order valence-electron chi connectivity index (χ2n) is 4.72. The lowest BCUT2D eigenvalue weighted by atomic mass is 10.1. The highest BCUT2D eigenvalue weighted by molar-refractivity contribution is 7.89. The Kier molecular flexibility index (Phi) is 3.89. The zero-order valence-electron chi connectivity index (χ0n) is 11.7. The molecule has 2 aromatic carbocycles. The van der Waals surface area contributed by atoms with Crippen LogP contribution in [0.4, 0.5) is 21.5 Å². The first kappa shape index (κ1) is 15.3. The third-order valence-corrected chi connectivity index (χ3v) is 4.27. The molecule has 0 saturated heterocycles. The van der Waals surface area contributed by atoms with Crippen LogP contribution in [0, 0.1) is 12.7 Å². The number of nitrogens with zero attached hydrogens (tertiary/aromatic N) is 1. The molecule has 2 rings (SSSR count). The highest BCUT2D eigenvalue weighted by Gasteiger charge is 2.19. The maximum Gasteiger partial charge on any atom is 0.238 e. The van der Waals surface area contributed by atoms with Gasteiger partial charge in [-0.1, -0.05) is 12.1 Å². The molecule has 0 atom stereocenters. The van der Waals surface area contributed by atoms with Gasteiger partial charge >= 0.3 is 0 Å². The van der Waals surface area contributed by atoms with E-state index >= 15 is 0 Å². The molecule has 0 aromatic heterocycles. The Morgan fingerprint density at radius 2 is 1.76 bits per heavy atom. The molecular formula is C14H16FN3O2S. The van der Waals surface area contributed by atoms with E-state index in [0.717, 1.165) is 0 Å². The van der Waals surface area contributed by atoms with Gasteiger partial charge in [0.15, 0.2) is 0 Å². The average Bonchev–Trinajstić information content (AvgIpc) is 2.39. The van der Waals surface area contributed by atoms with E-state index in [9.17, 15) is 12.8 Å². The first-order valence-electron chi connectivity index (χ1n) is 6.13. The number of hydrogen-bond acceptors (Lipinski definition) is 4. The fourth-order valence-electron chi connectivity index (χ4n) is 2.19. The van der Waals surface area contributed by atoms with Gasteiger partial charge in [-0.15, -0.1) is 0 Å². The number of nitrogen functional groups attached to an aromatic ring is 1. The van der Waals surface area contributed by atoms with E-state index in [1.165, 1.54) is 17.0 Å². The van der Waals surface area contributed by atoms with Gasteiger partial charge in [-0.05, 0) is 36.8 Å². The maximum absolute atomic E-state index is 13.9. The molecule has 0 aliphatic carbocycles. The van der Waals surface area contributed by atoms with Crippen molar-refractivity contribution in [3.63, 3.8) is 0 Å². The van der Waals surface area contributed by atoms with Crippen molar-refractivity contribution in [2.45, 2.75) is 11.8 Å². The number of hydrogen-bond donors (Lipinski definition) is 2. The highest BCUT2D eigenvalue weighted by atomic mass is 32.2. The van der Waals surface area contributed by atoms with Crippen LogP contribution in [0.15, 0.2) is 41.3 Å². The minimum atomic E-state index is -3.90. The largest absolute Gasteiger partial charge is 0.399 e. The van der Waals surface area contributed by atoms with Crippen LogP contribution >= 0.6 is 0 Å². The summed E-state index contributed by atoms with van der Waals surface area (Å²) in [6, 6.07) is 9.06. The first-order chi connectivity index (χ1) is 9.71. The predicted molar refractivity (Wildman–Crippen MR) is 81.4 cm³/mol. The van der Waals surface area contributed by atoms with Gasteiger partial charge in [0.2, 0.25) is 10.0 Å². The molecule has 112 valence electrons. The van der Waals surface area contributed by atoms with Crippen LogP contribution in [0.2, 0.25) is 0 Å². The van der Waals surface area contributed by atoms with E-state index in [-0.39, 0.29) is 10.6 Å². The number of nitrogens with two attached hydrogens (primary N) is 2. The van der Waals surface area contributed by atoms with Gasteiger partial charge in [0.25, 0.3) is 0 Å². The van der Waals surface area contributed by atoms with E-state index in [4.69, 9.17) is 10.9 Å². The molecule has 0 bridgehead atoms. The summed E-state index contributed by atoms with van der Waals surface area (Å²) < 4.78 is 37.1. The second-order valence-corrected chi connectivity index (χ2v) is 6.25. The van der Waals surface area contributed by atoms with Crippen molar-refractivity contribution in [3.05, 3.63) is 47.8 Å². The number of primary sulfonamides is 1. The first-order valence-corrected chi connectivity index (χ1v) is 7.67. The maximum atomic E-state index is 13.9. The topological polar surface area (TPSA) is 89.4 Å². The average molecular weight is 309 g/mol. The number of anilines is 3. The smallest absolute Gasteiger partial charge is 0.238 e. The van der Waals surface area contributed by atoms with E-state index in [0.29, 0.717) is 16.9 Å². The quantitative estimate of drug-likeness (QED) is 0.850. The summed E-state index contributed by atoms with van der Waals surface area (Å²) >= 11 is 0. The molecule has 0 aliphatic heterocycles. The molecule has 5 nitrogen and oxygen atoms in total. The van der Waals surface area contributed by atoms with E-state index in [1.807, 2.05) is 0 Å². The van der Waals surface area contributed by atoms with E-state index < -0.39 is 15.8 Å². The Hall–Kier alpha value is -2.12. The van der Waals surface area contributed by atoms with Crippen LogP contribution in [-0.2, 0) is 10.0 Å². The summed E-state index contributed by atoms with van der Waals surface area (Å²) in [6.07, 6.45) is 0. The molecule has 0 heterocycles. The molecule has 7 heteroatoms. The van der Waals surface area contributed by atoms with Gasteiger partial charge in [-0.25, -0.2) is 17.9 Å². The molecule has 4 N–H and O–H groups in total. The fourth-order valence-corrected chi connectivity index (χ4v) is 3.02. The van der Waals surface area contributed by atoms with Gasteiger partial charge in [0.05, 0.1) is 10.6 Å². The zero-order valence-corrected chi connectivity index (χ0v) is 12.5. The van der Waals surface area contributed by atoms with Crippen LogP contribution in [0.1, 0.15) is 5.56 Å². The summed E-state index contributed by atoms with van der Waals surface area (Å²) in [5, 5.41) is 5.19. The number of benzene rings is 2. The van der Waals surface area contributed by atoms with Crippen molar-refractivity contribution >= 4 is 27.1 Å². The molecule has 0 spiro atoms. The molecule has 0 fully saturated rings. The van der Waals surface area contributed by atoms with Crippen LogP contribution < -0.4 is 15.8 Å². The molecule has 0 radical (unpaired) electrons. The minimum absolute atomic E-state index is 0.0688. The van der Waals surface area contributed by atoms with Crippen molar-refractivity contribution in [1.82, 2.24) is 0 Å². The van der Waals surface area contributed by atoms with Crippen molar-refractivity contribution in [1.29, 1.82) is 0 Å². The summed E-state index contributed by atoms with van der Waals surface area (Å²) in [5.74, 6) is -0.418. The normalized spacial score (nSPS) is 11.4. The van der Waals surface area contributed by atoms with Gasteiger partial charge in [-0.3, -0.25) is 0 Å². The lowest BCUT2D eigenvalue weighted by Gasteiger charge is -2.23. The van der Waals surface area contributed by atoms with Gasteiger partial charge < -0.3 is 10.6 Å². The Morgan fingerprint density at radius 3 is 2.33 bits per heavy atom. The highest BCUT2D eigenvalue weighted by Crippen LogP contribution is 2.33. The van der Waals surface area contributed by atoms with Crippen LogP contribution in [-0.4, -0.2) is 15.5 Å². The molecule has 0 unspecified atom stereocenters. The molecule has 2 aromatic rings. The van der Waals surface area contributed by atoms with E-state index in [2.05, 4.69) is 0 Å². The Labute approximate surface area is 123 Å². The summed E-state index contributed by atoms with van der Waals surface area (Å²) in [6.45, 7) is 1.60. The monoisotopic (exact) mass is 309 g/mol. The van der Waals surface area contributed by atoms with Crippen molar-refractivity contribution < 1.29 is 12.8 Å². The summed E-state index contributed by atoms with van der Waals surface area (Å²) in [5.41, 5.74) is 7.18. The lowest BCUT2D eigenvalue weighted by molar-refractivity contribution is 0.597. The second kappa shape index (κ2) is 5.34. The standard InChI is InChI=1S/C14H16FN3O2S/c1-9-13(7-10(16)8-14(9)21(17,19)20)18(2)12-6-4-3-5-11(12)15/h3-8H,16H2,1-2H3,(H2,17,19,20). The number of para-hydroxylation sites is 1. The summed E-state index contributed by atoms with van der Waals surface area (Å²) in [7, 11) is -2.27. The molecule has 0 saturated carbocycles. The van der Waals surface area contributed by atoms with Crippen LogP contribution in [0.3, 0.4) is 0 Å². The Balaban J connectivity index is 2.65. The number of sulfonamides is 1. The molecule has 21 heavy (non-hydrogen) atoms. The van der Waals surface area contributed by atoms with Gasteiger partial charge in [0, 0.05) is 18.4 Å². The van der Waals surface area contributed by atoms with Crippen molar-refractivity contribution in [2.75, 3.05) is 17.7 Å². The molecular weight excluding hydrogens is 293 g/mol. The third kappa shape index (κ3) is 2.98. The molecule has 0 amide bonds. The SMILES string of the molecule is Cc1c(N(C)c2ccccc2F)cc(N)cc1S(N)(=O)=O. The van der Waals surface area contributed by atoms with E-state index in [1.54, 1.807) is 38.2 Å². The molecule has 0 aliphatic rings. The third-order valence-electron chi connectivity index (χ3n) is 3.24. The minimum Gasteiger partial charge on any atom is -0.399 e. The fraction of sp³-hybridized carbons (Fsp3) is 0.143. The van der Waals surface area contributed by atoms with Gasteiger partial charge in [0.1, 0.15) is 5.82 Å². The van der Waals surface area contributed by atoms with Crippen molar-refractivity contribution in [2.24, 2.45) is 5.14 Å². The lowest BCUT2D eigenvalue weighted by Crippen LogP contribution is -2.18. The Morgan fingerprint density at radius 1 is 1.14 bits per heavy atom. The van der Waals surface area contributed by atoms with Crippen LogP contribution in [0.25, 0.3) is 0 Å². The number of halogens is 1. The number of rotatable bonds is 3. The van der Waals surface area contributed by atoms with Gasteiger partial charge in [-0.2, -0.15) is 0 Å². The predicted octanol–water partition coefficient (Wildman–Crippen LogP) is 2.13. The Bertz CT molecular complexity index is 791. The van der Waals surface area contributed by atoms with Crippen LogP contribution in [0.5, 0.6) is 0 Å². The zero-order chi connectivity index (χ0) is 15.8. The summed E-state index contributed by atoms with van der Waals surface area (Å²) in [4.78, 5) is 1.47. The van der Waals surface area contributed by atoms with Crippen molar-refractivity contribution in [3.8, 4) is 0 Å².